The van der Waals surface area contributed by atoms with Gasteiger partial charge in [-0.2, -0.15) is 5.26 Å². The summed E-state index contributed by atoms with van der Waals surface area (Å²) in [4.78, 5) is 4.64. The molecule has 0 fully saturated rings. The molecule has 0 aliphatic carbocycles. The van der Waals surface area contributed by atoms with E-state index in [4.69, 9.17) is 16.9 Å². The number of fused-ring (bicyclic) bond motifs is 1. The second-order valence-electron chi connectivity index (χ2n) is 4.69. The molecule has 0 aliphatic rings. The van der Waals surface area contributed by atoms with Crippen LogP contribution in [0, 0.1) is 11.3 Å². The minimum absolute atomic E-state index is 0.0754. The van der Waals surface area contributed by atoms with Crippen LogP contribution in [0.15, 0.2) is 42.5 Å². The summed E-state index contributed by atoms with van der Waals surface area (Å²) in [6, 6.07) is 15.6. The number of nitrogens with zero attached hydrogens (tertiary/aromatic N) is 2. The van der Waals surface area contributed by atoms with E-state index in [-0.39, 0.29) is 6.04 Å². The zero-order valence-electron chi connectivity index (χ0n) is 11.3. The van der Waals surface area contributed by atoms with E-state index in [2.05, 4.69) is 29.4 Å². The lowest BCUT2D eigenvalue weighted by molar-refractivity contribution is 0.874. The van der Waals surface area contributed by atoms with Gasteiger partial charge >= 0.3 is 0 Å². The van der Waals surface area contributed by atoms with Crippen LogP contribution < -0.4 is 5.32 Å². The Morgan fingerprint density at radius 3 is 2.81 bits per heavy atom. The number of halogens is 1. The molecular weight excluding hydrogens is 302 g/mol. The molecule has 0 bridgehead atoms. The third kappa shape index (κ3) is 2.85. The van der Waals surface area contributed by atoms with Gasteiger partial charge in [-0.1, -0.05) is 23.7 Å². The van der Waals surface area contributed by atoms with Crippen molar-refractivity contribution >= 4 is 38.8 Å². The van der Waals surface area contributed by atoms with Crippen LogP contribution in [-0.4, -0.2) is 4.98 Å². The van der Waals surface area contributed by atoms with Crippen LogP contribution in [0.25, 0.3) is 10.2 Å². The van der Waals surface area contributed by atoms with Gasteiger partial charge in [-0.3, -0.25) is 0 Å². The quantitative estimate of drug-likeness (QED) is 0.740. The average Bonchev–Trinajstić information content (AvgIpc) is 2.91. The van der Waals surface area contributed by atoms with Crippen LogP contribution in [0.4, 0.5) is 5.69 Å². The lowest BCUT2D eigenvalue weighted by Gasteiger charge is -2.13. The summed E-state index contributed by atoms with van der Waals surface area (Å²) in [6.45, 7) is 2.06. The zero-order chi connectivity index (χ0) is 14.8. The van der Waals surface area contributed by atoms with Crippen LogP contribution in [0.2, 0.25) is 5.02 Å². The van der Waals surface area contributed by atoms with Gasteiger partial charge in [-0.25, -0.2) is 4.98 Å². The number of aromatic nitrogens is 1. The van der Waals surface area contributed by atoms with Crippen LogP contribution in [0.1, 0.15) is 23.5 Å². The fourth-order valence-corrected chi connectivity index (χ4v) is 3.28. The number of nitrogens with one attached hydrogen (secondary N) is 1. The van der Waals surface area contributed by atoms with Crippen molar-refractivity contribution in [3.63, 3.8) is 0 Å². The zero-order valence-corrected chi connectivity index (χ0v) is 12.9. The minimum Gasteiger partial charge on any atom is -0.376 e. The number of nitriles is 1. The van der Waals surface area contributed by atoms with E-state index in [9.17, 15) is 0 Å². The summed E-state index contributed by atoms with van der Waals surface area (Å²) >= 11 is 7.73. The summed E-state index contributed by atoms with van der Waals surface area (Å²) in [5, 5.41) is 13.7. The lowest BCUT2D eigenvalue weighted by Crippen LogP contribution is -2.06. The Kier molecular flexibility index (Phi) is 3.78. The van der Waals surface area contributed by atoms with E-state index >= 15 is 0 Å². The second-order valence-corrected chi connectivity index (χ2v) is 6.16. The summed E-state index contributed by atoms with van der Waals surface area (Å²) in [5.41, 5.74) is 2.38. The number of benzene rings is 2. The summed E-state index contributed by atoms with van der Waals surface area (Å²) in [6.07, 6.45) is 0. The first-order valence-electron chi connectivity index (χ1n) is 6.49. The maximum atomic E-state index is 8.89. The Balaban J connectivity index is 1.84. The van der Waals surface area contributed by atoms with Crippen LogP contribution in [-0.2, 0) is 0 Å². The topological polar surface area (TPSA) is 48.7 Å². The first kappa shape index (κ1) is 13.9. The molecule has 0 radical (unpaired) electrons. The Hall–Kier alpha value is -2.09. The molecule has 1 unspecified atom stereocenters. The van der Waals surface area contributed by atoms with Crippen molar-refractivity contribution in [3.8, 4) is 6.07 Å². The predicted octanol–water partition coefficient (Wildman–Crippen LogP) is 4.99. The summed E-state index contributed by atoms with van der Waals surface area (Å²) in [5.74, 6) is 0. The number of hydrogen-bond donors (Lipinski definition) is 1. The second kappa shape index (κ2) is 5.72. The van der Waals surface area contributed by atoms with Gasteiger partial charge in [0.15, 0.2) is 0 Å². The van der Waals surface area contributed by atoms with Gasteiger partial charge in [-0.05, 0) is 37.3 Å². The molecule has 1 heterocycles. The monoisotopic (exact) mass is 313 g/mol. The molecule has 3 nitrogen and oxygen atoms in total. The minimum atomic E-state index is 0.0754. The van der Waals surface area contributed by atoms with Crippen molar-refractivity contribution < 1.29 is 0 Å². The van der Waals surface area contributed by atoms with Crippen molar-refractivity contribution in [2.75, 3.05) is 5.32 Å². The molecular formula is C16H12ClN3S. The molecule has 3 aromatic rings. The fourth-order valence-electron chi connectivity index (χ4n) is 2.08. The Morgan fingerprint density at radius 2 is 2.10 bits per heavy atom. The Morgan fingerprint density at radius 1 is 1.29 bits per heavy atom. The molecule has 0 saturated heterocycles. The standard InChI is InChI=1S/C16H12ClN3S/c1-10(16-20-14-4-2-3-5-15(14)21-16)19-12-7-6-11(9-18)13(17)8-12/h2-8,10,19H,1H3. The molecule has 5 heteroatoms. The smallest absolute Gasteiger partial charge is 0.116 e. The Labute approximate surface area is 131 Å². The predicted molar refractivity (Wildman–Crippen MR) is 87.8 cm³/mol. The van der Waals surface area contributed by atoms with E-state index in [0.29, 0.717) is 10.6 Å². The molecule has 21 heavy (non-hydrogen) atoms. The lowest BCUT2D eigenvalue weighted by atomic mass is 10.2. The largest absolute Gasteiger partial charge is 0.376 e. The molecule has 1 aromatic heterocycles. The van der Waals surface area contributed by atoms with Crippen LogP contribution in [0.5, 0.6) is 0 Å². The van der Waals surface area contributed by atoms with E-state index in [0.717, 1.165) is 16.2 Å². The number of thiazole rings is 1. The van der Waals surface area contributed by atoms with Gasteiger partial charge in [0.2, 0.25) is 0 Å². The average molecular weight is 314 g/mol. The van der Waals surface area contributed by atoms with Crippen molar-refractivity contribution in [1.82, 2.24) is 4.98 Å². The highest BCUT2D eigenvalue weighted by atomic mass is 35.5. The van der Waals surface area contributed by atoms with Crippen LogP contribution in [0.3, 0.4) is 0 Å². The maximum absolute atomic E-state index is 8.89. The van der Waals surface area contributed by atoms with E-state index in [1.807, 2.05) is 24.3 Å². The third-order valence-electron chi connectivity index (χ3n) is 3.15. The molecule has 0 aliphatic heterocycles. The van der Waals surface area contributed by atoms with Gasteiger partial charge in [-0.15, -0.1) is 11.3 Å². The molecule has 0 spiro atoms. The van der Waals surface area contributed by atoms with Crippen molar-refractivity contribution in [2.24, 2.45) is 0 Å². The van der Waals surface area contributed by atoms with Crippen LogP contribution >= 0.6 is 22.9 Å². The molecule has 0 saturated carbocycles. The first-order chi connectivity index (χ1) is 10.2. The number of hydrogen-bond acceptors (Lipinski definition) is 4. The number of anilines is 1. The summed E-state index contributed by atoms with van der Waals surface area (Å²) < 4.78 is 1.18. The fraction of sp³-hybridized carbons (Fsp3) is 0.125. The van der Waals surface area contributed by atoms with E-state index in [1.165, 1.54) is 4.70 Å². The van der Waals surface area contributed by atoms with Gasteiger partial charge < -0.3 is 5.32 Å². The highest BCUT2D eigenvalue weighted by Gasteiger charge is 2.12. The summed E-state index contributed by atoms with van der Waals surface area (Å²) in [7, 11) is 0. The first-order valence-corrected chi connectivity index (χ1v) is 7.68. The van der Waals surface area contributed by atoms with Gasteiger partial charge in [0.05, 0.1) is 26.8 Å². The highest BCUT2D eigenvalue weighted by Crippen LogP contribution is 2.29. The SMILES string of the molecule is CC(Nc1ccc(C#N)c(Cl)c1)c1nc2ccccc2s1. The van der Waals surface area contributed by atoms with Crippen molar-refractivity contribution in [2.45, 2.75) is 13.0 Å². The van der Waals surface area contributed by atoms with E-state index in [1.54, 1.807) is 23.5 Å². The van der Waals surface area contributed by atoms with E-state index < -0.39 is 0 Å². The van der Waals surface area contributed by atoms with Gasteiger partial charge in [0, 0.05) is 5.69 Å². The number of rotatable bonds is 3. The normalized spacial score (nSPS) is 12.0. The molecule has 2 aromatic carbocycles. The third-order valence-corrected chi connectivity index (χ3v) is 4.69. The van der Waals surface area contributed by atoms with Gasteiger partial charge in [0.1, 0.15) is 11.1 Å². The molecule has 1 atom stereocenters. The number of para-hydroxylation sites is 1. The Bertz CT molecular complexity index is 802. The molecule has 1 N–H and O–H groups in total. The highest BCUT2D eigenvalue weighted by molar-refractivity contribution is 7.18. The molecule has 3 rings (SSSR count). The van der Waals surface area contributed by atoms with Gasteiger partial charge in [0.25, 0.3) is 0 Å². The van der Waals surface area contributed by atoms with Crippen molar-refractivity contribution in [3.05, 3.63) is 58.1 Å². The maximum Gasteiger partial charge on any atom is 0.116 e. The van der Waals surface area contributed by atoms with Crippen molar-refractivity contribution in [1.29, 1.82) is 5.26 Å². The molecule has 104 valence electrons. The molecule has 0 amide bonds.